The van der Waals surface area contributed by atoms with E-state index in [1.165, 1.54) is 23.1 Å². The summed E-state index contributed by atoms with van der Waals surface area (Å²) in [5.41, 5.74) is 0.862. The molecule has 0 spiro atoms. The zero-order valence-corrected chi connectivity index (χ0v) is 16.1. The molecular formula is C20H15NO5S2. The first-order valence-electron chi connectivity index (χ1n) is 8.08. The van der Waals surface area contributed by atoms with E-state index >= 15 is 0 Å². The third-order valence-electron chi connectivity index (χ3n) is 3.81. The highest BCUT2D eigenvalue weighted by atomic mass is 32.2. The zero-order chi connectivity index (χ0) is 20.3. The number of nitrogens with zero attached hydrogens (tertiary/aromatic N) is 1. The van der Waals surface area contributed by atoms with Crippen molar-refractivity contribution in [2.75, 3.05) is 11.5 Å². The van der Waals surface area contributed by atoms with Gasteiger partial charge in [-0.25, -0.2) is 4.79 Å². The lowest BCUT2D eigenvalue weighted by molar-refractivity contribution is -0.113. The molecule has 1 amide bonds. The molecule has 2 aromatic rings. The Morgan fingerprint density at radius 1 is 1.25 bits per heavy atom. The Hall–Kier alpha value is -3.10. The van der Waals surface area contributed by atoms with Crippen molar-refractivity contribution in [3.8, 4) is 11.5 Å². The van der Waals surface area contributed by atoms with E-state index in [-0.39, 0.29) is 11.5 Å². The quantitative estimate of drug-likeness (QED) is 0.419. The maximum Gasteiger partial charge on any atom is 0.339 e. The molecule has 142 valence electrons. The molecule has 0 saturated carbocycles. The zero-order valence-electron chi connectivity index (χ0n) is 14.5. The molecule has 6 nitrogen and oxygen atoms in total. The molecule has 0 aromatic heterocycles. The first-order valence-corrected chi connectivity index (χ1v) is 9.31. The highest BCUT2D eigenvalue weighted by Gasteiger charge is 2.33. The van der Waals surface area contributed by atoms with Gasteiger partial charge in [0.15, 0.2) is 4.32 Å². The highest BCUT2D eigenvalue weighted by molar-refractivity contribution is 8.27. The molecule has 1 fully saturated rings. The number of aromatic carboxylic acids is 1. The van der Waals surface area contributed by atoms with Gasteiger partial charge in [0.1, 0.15) is 23.7 Å². The third-order valence-corrected chi connectivity index (χ3v) is 5.11. The van der Waals surface area contributed by atoms with E-state index in [2.05, 4.69) is 6.58 Å². The fourth-order valence-electron chi connectivity index (χ4n) is 2.50. The lowest BCUT2D eigenvalue weighted by Gasteiger charge is -2.15. The van der Waals surface area contributed by atoms with Gasteiger partial charge in [0, 0.05) is 6.07 Å². The summed E-state index contributed by atoms with van der Waals surface area (Å²) in [5.74, 6) is -1.34. The number of carbonyl (C=O) groups is 2. The van der Waals surface area contributed by atoms with Crippen LogP contribution in [-0.4, -0.2) is 33.0 Å². The second-order valence-corrected chi connectivity index (χ2v) is 7.37. The molecule has 3 rings (SSSR count). The van der Waals surface area contributed by atoms with Gasteiger partial charge in [-0.2, -0.15) is 0 Å². The number of benzene rings is 2. The van der Waals surface area contributed by atoms with E-state index in [0.717, 1.165) is 17.3 Å². The molecule has 1 heterocycles. The average molecular weight is 413 g/mol. The Morgan fingerprint density at radius 3 is 2.57 bits per heavy atom. The van der Waals surface area contributed by atoms with E-state index in [9.17, 15) is 14.7 Å². The number of rotatable bonds is 6. The lowest BCUT2D eigenvalue weighted by Crippen LogP contribution is -2.27. The monoisotopic (exact) mass is 413 g/mol. The van der Waals surface area contributed by atoms with Crippen molar-refractivity contribution in [1.29, 1.82) is 0 Å². The van der Waals surface area contributed by atoms with Crippen molar-refractivity contribution in [2.45, 2.75) is 0 Å². The molecule has 0 aliphatic carbocycles. The summed E-state index contributed by atoms with van der Waals surface area (Å²) in [7, 11) is 0. The minimum atomic E-state index is -1.25. The number of thioether (sulfide) groups is 1. The Morgan fingerprint density at radius 2 is 1.96 bits per heavy atom. The van der Waals surface area contributed by atoms with Crippen LogP contribution in [-0.2, 0) is 4.79 Å². The van der Waals surface area contributed by atoms with E-state index in [1.807, 2.05) is 12.1 Å². The number of amides is 1. The van der Waals surface area contributed by atoms with Crippen LogP contribution in [0.15, 0.2) is 60.0 Å². The van der Waals surface area contributed by atoms with Gasteiger partial charge < -0.3 is 14.9 Å². The number of hydrogen-bond acceptors (Lipinski definition) is 6. The van der Waals surface area contributed by atoms with Crippen LogP contribution >= 0.6 is 24.0 Å². The van der Waals surface area contributed by atoms with Gasteiger partial charge >= 0.3 is 5.97 Å². The number of carbonyl (C=O) groups excluding carboxylic acids is 1. The van der Waals surface area contributed by atoms with Gasteiger partial charge in [0.05, 0.1) is 10.6 Å². The molecule has 2 aromatic carbocycles. The van der Waals surface area contributed by atoms with Gasteiger partial charge in [-0.05, 0) is 35.9 Å². The number of carboxylic acid groups (broad SMARTS) is 1. The van der Waals surface area contributed by atoms with Crippen LogP contribution in [0.25, 0.3) is 6.08 Å². The normalized spacial score (nSPS) is 15.1. The third kappa shape index (κ3) is 4.08. The van der Waals surface area contributed by atoms with E-state index in [1.54, 1.807) is 24.3 Å². The smallest absolute Gasteiger partial charge is 0.339 e. The first kappa shape index (κ1) is 19.7. The highest BCUT2D eigenvalue weighted by Crippen LogP contribution is 2.37. The summed E-state index contributed by atoms with van der Waals surface area (Å²) >= 11 is 6.42. The van der Waals surface area contributed by atoms with Crippen LogP contribution < -0.4 is 9.64 Å². The van der Waals surface area contributed by atoms with Crippen molar-refractivity contribution in [3.63, 3.8) is 0 Å². The molecule has 2 N–H and O–H groups in total. The van der Waals surface area contributed by atoms with Crippen LogP contribution in [0.2, 0.25) is 0 Å². The molecule has 0 atom stereocenters. The van der Waals surface area contributed by atoms with Gasteiger partial charge in [-0.15, -0.1) is 0 Å². The van der Waals surface area contributed by atoms with Crippen molar-refractivity contribution in [1.82, 2.24) is 0 Å². The minimum Gasteiger partial charge on any atom is -0.507 e. The lowest BCUT2D eigenvalue weighted by atomic mass is 10.1. The van der Waals surface area contributed by atoms with Crippen LogP contribution in [0.5, 0.6) is 11.5 Å². The number of ether oxygens (including phenoxy) is 1. The first-order chi connectivity index (χ1) is 13.4. The predicted octanol–water partition coefficient (Wildman–Crippen LogP) is 4.06. The summed E-state index contributed by atoms with van der Waals surface area (Å²) in [6.07, 6.45) is 3.36. The van der Waals surface area contributed by atoms with E-state index < -0.39 is 11.7 Å². The maximum absolute atomic E-state index is 12.8. The van der Waals surface area contributed by atoms with Gasteiger partial charge in [-0.1, -0.05) is 48.8 Å². The van der Waals surface area contributed by atoms with E-state index in [4.69, 9.17) is 22.1 Å². The SMILES string of the molecule is C=CCOc1ccc(/C=C2\SC(=S)N(c3ccc(C(=O)O)c(O)c3)C2=O)cc1. The second kappa shape index (κ2) is 8.28. The van der Waals surface area contributed by atoms with Crippen molar-refractivity contribution >= 4 is 51.9 Å². The fraction of sp³-hybridized carbons (Fsp3) is 0.0500. The Labute approximate surface area is 170 Å². The topological polar surface area (TPSA) is 87.1 Å². The number of phenols is 1. The molecule has 0 bridgehead atoms. The maximum atomic E-state index is 12.8. The van der Waals surface area contributed by atoms with Crippen molar-refractivity contribution in [3.05, 3.63) is 71.2 Å². The van der Waals surface area contributed by atoms with Crippen LogP contribution in [0.4, 0.5) is 5.69 Å². The fourth-order valence-corrected chi connectivity index (χ4v) is 3.80. The standard InChI is InChI=1S/C20H15NO5S2/c1-2-9-26-14-6-3-12(4-7-14)10-17-18(23)21(20(27)28-17)13-5-8-15(19(24)25)16(22)11-13/h2-8,10-11,22H,1,9H2,(H,24,25)/b17-10-. The van der Waals surface area contributed by atoms with Crippen LogP contribution in [0.1, 0.15) is 15.9 Å². The summed E-state index contributed by atoms with van der Waals surface area (Å²) in [4.78, 5) is 25.5. The Balaban J connectivity index is 1.83. The van der Waals surface area contributed by atoms with Gasteiger partial charge in [0.25, 0.3) is 5.91 Å². The number of aromatic hydroxyl groups is 1. The summed E-state index contributed by atoms with van der Waals surface area (Å²) in [5, 5.41) is 18.9. The molecular weight excluding hydrogens is 398 g/mol. The average Bonchev–Trinajstić information content (AvgIpc) is 2.94. The van der Waals surface area contributed by atoms with Crippen LogP contribution in [0.3, 0.4) is 0 Å². The molecule has 1 aliphatic rings. The predicted molar refractivity (Wildman–Crippen MR) is 113 cm³/mol. The number of hydrogen-bond donors (Lipinski definition) is 2. The van der Waals surface area contributed by atoms with Gasteiger partial charge in [0.2, 0.25) is 0 Å². The Bertz CT molecular complexity index is 998. The van der Waals surface area contributed by atoms with Gasteiger partial charge in [-0.3, -0.25) is 9.69 Å². The van der Waals surface area contributed by atoms with E-state index in [0.29, 0.717) is 27.3 Å². The number of anilines is 1. The molecule has 8 heteroatoms. The molecule has 1 aliphatic heterocycles. The van der Waals surface area contributed by atoms with Crippen molar-refractivity contribution < 1.29 is 24.5 Å². The summed E-state index contributed by atoms with van der Waals surface area (Å²) < 4.78 is 5.72. The molecule has 28 heavy (non-hydrogen) atoms. The van der Waals surface area contributed by atoms with Crippen molar-refractivity contribution in [2.24, 2.45) is 0 Å². The molecule has 0 unspecified atom stereocenters. The Kier molecular flexibility index (Phi) is 5.81. The number of thiocarbonyl (C=S) groups is 1. The number of carboxylic acids is 1. The summed E-state index contributed by atoms with van der Waals surface area (Å²) in [6, 6.07) is 11.1. The molecule has 0 radical (unpaired) electrons. The largest absolute Gasteiger partial charge is 0.507 e. The minimum absolute atomic E-state index is 0.247. The molecule has 1 saturated heterocycles. The van der Waals surface area contributed by atoms with Crippen LogP contribution in [0, 0.1) is 0 Å². The summed E-state index contributed by atoms with van der Waals surface area (Å²) in [6.45, 7) is 4.00. The second-order valence-electron chi connectivity index (χ2n) is 5.69.